The van der Waals surface area contributed by atoms with E-state index >= 15 is 0 Å². The van der Waals surface area contributed by atoms with Gasteiger partial charge >= 0.3 is 0 Å². The molecule has 1 unspecified atom stereocenters. The van der Waals surface area contributed by atoms with E-state index in [-0.39, 0.29) is 11.9 Å². The van der Waals surface area contributed by atoms with Crippen molar-refractivity contribution >= 4 is 0 Å². The molecule has 3 aromatic rings. The second-order valence-electron chi connectivity index (χ2n) is 6.65. The smallest absolute Gasteiger partial charge is 0.123 e. The summed E-state index contributed by atoms with van der Waals surface area (Å²) in [6, 6.07) is 10.3. The van der Waals surface area contributed by atoms with Crippen molar-refractivity contribution in [2.75, 3.05) is 13.1 Å². The van der Waals surface area contributed by atoms with Crippen LogP contribution in [0.1, 0.15) is 18.5 Å². The third-order valence-electron chi connectivity index (χ3n) is 4.68. The van der Waals surface area contributed by atoms with Gasteiger partial charge in [0.05, 0.1) is 11.4 Å². The van der Waals surface area contributed by atoms with E-state index in [2.05, 4.69) is 20.2 Å². The van der Waals surface area contributed by atoms with Crippen LogP contribution in [0.4, 0.5) is 4.39 Å². The van der Waals surface area contributed by atoms with Crippen LogP contribution < -0.4 is 5.73 Å². The number of nitrogens with two attached hydrogens (primary N) is 1. The molecule has 3 heterocycles. The summed E-state index contributed by atoms with van der Waals surface area (Å²) >= 11 is 0. The van der Waals surface area contributed by atoms with Crippen molar-refractivity contribution in [3.05, 3.63) is 60.3 Å². The predicted octanol–water partition coefficient (Wildman–Crippen LogP) is 2.39. The number of likely N-dealkylation sites (tertiary alicyclic amines) is 1. The van der Waals surface area contributed by atoms with Gasteiger partial charge in [0.2, 0.25) is 0 Å². The molecular formula is C19H21FN6. The van der Waals surface area contributed by atoms with Crippen LogP contribution in [0, 0.1) is 5.82 Å². The lowest BCUT2D eigenvalue weighted by Crippen LogP contribution is -2.42. The minimum Gasteiger partial charge on any atom is -0.327 e. The highest BCUT2D eigenvalue weighted by Gasteiger charge is 2.22. The maximum atomic E-state index is 13.3. The van der Waals surface area contributed by atoms with Gasteiger partial charge in [0.1, 0.15) is 11.5 Å². The first-order valence-electron chi connectivity index (χ1n) is 8.79. The Morgan fingerprint density at radius 2 is 1.88 bits per heavy atom. The van der Waals surface area contributed by atoms with Crippen LogP contribution in [0.2, 0.25) is 0 Å². The number of halogens is 1. The first-order valence-corrected chi connectivity index (χ1v) is 8.79. The first kappa shape index (κ1) is 16.8. The van der Waals surface area contributed by atoms with Crippen LogP contribution in [-0.2, 0) is 6.54 Å². The van der Waals surface area contributed by atoms with Crippen LogP contribution in [0.15, 0.2) is 48.8 Å². The molecule has 134 valence electrons. The Morgan fingerprint density at radius 3 is 2.62 bits per heavy atom. The lowest BCUT2D eigenvalue weighted by Gasteiger charge is -2.30. The summed E-state index contributed by atoms with van der Waals surface area (Å²) in [6.45, 7) is 2.55. The van der Waals surface area contributed by atoms with Crippen LogP contribution in [0.25, 0.3) is 16.9 Å². The van der Waals surface area contributed by atoms with Gasteiger partial charge in [-0.3, -0.25) is 9.88 Å². The van der Waals surface area contributed by atoms with Crippen LogP contribution >= 0.6 is 0 Å². The van der Waals surface area contributed by atoms with E-state index in [9.17, 15) is 4.39 Å². The fourth-order valence-electron chi connectivity index (χ4n) is 3.43. The second kappa shape index (κ2) is 7.31. The number of hydrogen-bond donors (Lipinski definition) is 1. The minimum absolute atomic E-state index is 0.209. The average Bonchev–Trinajstić information content (AvgIpc) is 3.06. The zero-order valence-electron chi connectivity index (χ0n) is 14.4. The summed E-state index contributed by atoms with van der Waals surface area (Å²) in [6.07, 6.45) is 5.66. The Labute approximate surface area is 151 Å². The normalized spacial score (nSPS) is 18.2. The van der Waals surface area contributed by atoms with Crippen molar-refractivity contribution in [2.24, 2.45) is 5.73 Å². The molecule has 1 aromatic carbocycles. The summed E-state index contributed by atoms with van der Waals surface area (Å²) in [4.78, 5) is 6.42. The van der Waals surface area contributed by atoms with Crippen molar-refractivity contribution in [2.45, 2.75) is 25.4 Å². The molecule has 2 aromatic heterocycles. The van der Waals surface area contributed by atoms with Gasteiger partial charge < -0.3 is 5.73 Å². The molecular weight excluding hydrogens is 331 g/mol. The molecule has 1 saturated heterocycles. The van der Waals surface area contributed by atoms with E-state index in [0.29, 0.717) is 6.54 Å². The van der Waals surface area contributed by atoms with E-state index in [1.807, 2.05) is 12.1 Å². The zero-order valence-corrected chi connectivity index (χ0v) is 14.4. The Kier molecular flexibility index (Phi) is 4.73. The fourth-order valence-corrected chi connectivity index (χ4v) is 3.43. The van der Waals surface area contributed by atoms with E-state index in [1.165, 1.54) is 12.1 Å². The van der Waals surface area contributed by atoms with Crippen molar-refractivity contribution in [3.63, 3.8) is 0 Å². The lowest BCUT2D eigenvalue weighted by atomic mass is 10.1. The van der Waals surface area contributed by atoms with Gasteiger partial charge in [-0.15, -0.1) is 5.10 Å². The average molecular weight is 352 g/mol. The summed E-state index contributed by atoms with van der Waals surface area (Å²) in [5.74, 6) is -0.276. The standard InChI is InChI=1S/C19H21FN6/c20-15-3-5-17(6-4-15)26-19(14-7-9-22-10-8-14)18(23-24-26)13-25-11-1-2-16(21)12-25/h3-10,16H,1-2,11-13,21H2. The van der Waals surface area contributed by atoms with Crippen LogP contribution in [0.3, 0.4) is 0 Å². The SMILES string of the molecule is NC1CCCN(Cc2nnn(-c3ccc(F)cc3)c2-c2ccncc2)C1. The third kappa shape index (κ3) is 3.49. The van der Waals surface area contributed by atoms with Gasteiger partial charge in [0, 0.05) is 37.1 Å². The molecule has 7 heteroatoms. The Hall–Kier alpha value is -2.64. The summed E-state index contributed by atoms with van der Waals surface area (Å²) in [7, 11) is 0. The van der Waals surface area contributed by atoms with Crippen LogP contribution in [-0.4, -0.2) is 44.0 Å². The van der Waals surface area contributed by atoms with E-state index in [1.54, 1.807) is 29.2 Å². The van der Waals surface area contributed by atoms with Gasteiger partial charge in [0.15, 0.2) is 0 Å². The van der Waals surface area contributed by atoms with Gasteiger partial charge in [0.25, 0.3) is 0 Å². The topological polar surface area (TPSA) is 72.9 Å². The van der Waals surface area contributed by atoms with E-state index < -0.39 is 0 Å². The quantitative estimate of drug-likeness (QED) is 0.780. The highest BCUT2D eigenvalue weighted by molar-refractivity contribution is 5.63. The number of aromatic nitrogens is 4. The van der Waals surface area contributed by atoms with Gasteiger partial charge in [-0.25, -0.2) is 9.07 Å². The van der Waals surface area contributed by atoms with Crippen molar-refractivity contribution in [3.8, 4) is 16.9 Å². The predicted molar refractivity (Wildman–Crippen MR) is 97.0 cm³/mol. The molecule has 0 amide bonds. The van der Waals surface area contributed by atoms with Gasteiger partial charge in [-0.05, 0) is 55.8 Å². The largest absolute Gasteiger partial charge is 0.327 e. The Balaban J connectivity index is 1.73. The molecule has 6 nitrogen and oxygen atoms in total. The first-order chi connectivity index (χ1) is 12.7. The molecule has 1 fully saturated rings. The van der Waals surface area contributed by atoms with Crippen molar-refractivity contribution in [1.82, 2.24) is 24.9 Å². The molecule has 26 heavy (non-hydrogen) atoms. The van der Waals surface area contributed by atoms with E-state index in [4.69, 9.17) is 5.73 Å². The highest BCUT2D eigenvalue weighted by Crippen LogP contribution is 2.26. The molecule has 4 rings (SSSR count). The maximum Gasteiger partial charge on any atom is 0.123 e. The second-order valence-corrected chi connectivity index (χ2v) is 6.65. The minimum atomic E-state index is -0.276. The lowest BCUT2D eigenvalue weighted by molar-refractivity contribution is 0.199. The summed E-state index contributed by atoms with van der Waals surface area (Å²) in [5, 5.41) is 8.77. The zero-order chi connectivity index (χ0) is 17.9. The number of piperidine rings is 1. The number of rotatable bonds is 4. The fraction of sp³-hybridized carbons (Fsp3) is 0.316. The molecule has 0 saturated carbocycles. The van der Waals surface area contributed by atoms with E-state index in [0.717, 1.165) is 48.6 Å². The summed E-state index contributed by atoms with van der Waals surface area (Å²) < 4.78 is 15.1. The Morgan fingerprint density at radius 1 is 1.12 bits per heavy atom. The number of benzene rings is 1. The maximum absolute atomic E-state index is 13.3. The molecule has 1 atom stereocenters. The third-order valence-corrected chi connectivity index (χ3v) is 4.68. The summed E-state index contributed by atoms with van der Waals surface area (Å²) in [5.41, 5.74) is 9.64. The molecule has 2 N–H and O–H groups in total. The Bertz CT molecular complexity index is 861. The number of hydrogen-bond acceptors (Lipinski definition) is 5. The molecule has 0 radical (unpaired) electrons. The molecule has 0 bridgehead atoms. The van der Waals surface area contributed by atoms with Gasteiger partial charge in [-0.1, -0.05) is 5.21 Å². The molecule has 0 aliphatic carbocycles. The molecule has 1 aliphatic rings. The highest BCUT2D eigenvalue weighted by atomic mass is 19.1. The number of pyridine rings is 1. The van der Waals surface area contributed by atoms with Crippen molar-refractivity contribution < 1.29 is 4.39 Å². The number of nitrogens with zero attached hydrogens (tertiary/aromatic N) is 5. The van der Waals surface area contributed by atoms with Crippen molar-refractivity contribution in [1.29, 1.82) is 0 Å². The van der Waals surface area contributed by atoms with Crippen LogP contribution in [0.5, 0.6) is 0 Å². The van der Waals surface area contributed by atoms with Gasteiger partial charge in [-0.2, -0.15) is 0 Å². The molecule has 1 aliphatic heterocycles. The monoisotopic (exact) mass is 352 g/mol. The molecule has 0 spiro atoms.